The molecule has 0 spiro atoms. The van der Waals surface area contributed by atoms with E-state index in [1.807, 2.05) is 0 Å². The molecule has 2 unspecified atom stereocenters. The number of carbonyl (C=O) groups is 1. The van der Waals surface area contributed by atoms with Crippen LogP contribution in [0.3, 0.4) is 0 Å². The minimum Gasteiger partial charge on any atom is -0.496 e. The molecule has 0 amide bonds. The van der Waals surface area contributed by atoms with Crippen molar-refractivity contribution in [2.75, 3.05) is 26.1 Å². The fourth-order valence-corrected chi connectivity index (χ4v) is 5.88. The minimum atomic E-state index is -5.20. The molecule has 0 bridgehead atoms. The fourth-order valence-electron chi connectivity index (χ4n) is 5.88. The van der Waals surface area contributed by atoms with Gasteiger partial charge in [0.2, 0.25) is 5.60 Å². The number of carbonyl (C=O) groups excluding carboxylic acids is 1. The topological polar surface area (TPSA) is 117 Å². The Balaban J connectivity index is 0.000000304. The van der Waals surface area contributed by atoms with Gasteiger partial charge in [-0.25, -0.2) is 17.6 Å². The average Bonchev–Trinajstić information content (AvgIpc) is 3.54. The predicted octanol–water partition coefficient (Wildman–Crippen LogP) is 8.06. The summed E-state index contributed by atoms with van der Waals surface area (Å²) in [5, 5.41) is 30.0. The Labute approximate surface area is 297 Å². The van der Waals surface area contributed by atoms with E-state index in [1.54, 1.807) is 18.2 Å². The van der Waals surface area contributed by atoms with Crippen LogP contribution in [0.5, 0.6) is 11.5 Å². The van der Waals surface area contributed by atoms with Gasteiger partial charge in [-0.15, -0.1) is 0 Å². The van der Waals surface area contributed by atoms with E-state index >= 15 is 0 Å². The number of hydrogen-bond acceptors (Lipinski definition) is 7. The van der Waals surface area contributed by atoms with Crippen LogP contribution in [0.25, 0.3) is 10.9 Å². The Bertz CT molecular complexity index is 1910. The Kier molecular flexibility index (Phi) is 12.5. The summed E-state index contributed by atoms with van der Waals surface area (Å²) in [5.41, 5.74) is -8.85. The fraction of sp³-hybridized carbons (Fsp3) is 0.429. The van der Waals surface area contributed by atoms with E-state index < -0.39 is 83.3 Å². The van der Waals surface area contributed by atoms with Gasteiger partial charge in [0.25, 0.3) is 0 Å². The molecule has 292 valence electrons. The van der Waals surface area contributed by atoms with E-state index in [-0.39, 0.29) is 22.6 Å². The highest BCUT2D eigenvalue weighted by molar-refractivity contribution is 5.90. The predicted molar refractivity (Wildman–Crippen MR) is 174 cm³/mol. The number of alkyl halides is 6. The number of ether oxygens (including phenoxy) is 2. The van der Waals surface area contributed by atoms with Crippen molar-refractivity contribution in [3.05, 3.63) is 83.1 Å². The smallest absolute Gasteiger partial charge is 0.424 e. The zero-order valence-electron chi connectivity index (χ0n) is 29.2. The summed E-state index contributed by atoms with van der Waals surface area (Å²) >= 11 is 0. The lowest BCUT2D eigenvalue weighted by molar-refractivity contribution is -0.260. The maximum absolute atomic E-state index is 14.0. The first-order valence-electron chi connectivity index (χ1n) is 15.5. The molecule has 0 radical (unpaired) electrons. The number of anilines is 1. The summed E-state index contributed by atoms with van der Waals surface area (Å²) in [6.07, 6.45) is -11.3. The lowest BCUT2D eigenvalue weighted by Crippen LogP contribution is -2.53. The van der Waals surface area contributed by atoms with Crippen LogP contribution in [0.2, 0.25) is 0 Å². The molecule has 8 nitrogen and oxygen atoms in total. The zero-order valence-corrected chi connectivity index (χ0v) is 29.2. The molecule has 0 fully saturated rings. The van der Waals surface area contributed by atoms with Crippen LogP contribution in [-0.2, 0) is 15.6 Å². The largest absolute Gasteiger partial charge is 0.496 e. The third-order valence-electron chi connectivity index (χ3n) is 8.66. The lowest BCUT2D eigenvalue weighted by atomic mass is 9.74. The van der Waals surface area contributed by atoms with Gasteiger partial charge >= 0.3 is 12.4 Å². The molecule has 2 atom stereocenters. The van der Waals surface area contributed by atoms with E-state index in [0.717, 1.165) is 19.2 Å². The Morgan fingerprint density at radius 1 is 0.755 bits per heavy atom. The Morgan fingerprint density at radius 3 is 1.66 bits per heavy atom. The van der Waals surface area contributed by atoms with E-state index in [9.17, 15) is 58.9 Å². The molecular weight excluding hydrogens is 732 g/mol. The van der Waals surface area contributed by atoms with Crippen LogP contribution in [-0.4, -0.2) is 71.0 Å². The highest BCUT2D eigenvalue weighted by Crippen LogP contribution is 2.45. The van der Waals surface area contributed by atoms with Gasteiger partial charge in [-0.1, -0.05) is 33.8 Å². The van der Waals surface area contributed by atoms with Crippen molar-refractivity contribution in [3.8, 4) is 11.5 Å². The second-order valence-corrected chi connectivity index (χ2v) is 13.6. The van der Waals surface area contributed by atoms with Gasteiger partial charge in [0.15, 0.2) is 35.2 Å². The second-order valence-electron chi connectivity index (χ2n) is 13.6. The third-order valence-corrected chi connectivity index (χ3v) is 8.66. The van der Waals surface area contributed by atoms with Crippen LogP contribution in [0.4, 0.5) is 49.6 Å². The number of nitrogens with one attached hydrogen (secondary N) is 2. The molecule has 4 aromatic rings. The molecule has 0 aliphatic rings. The molecule has 0 aliphatic heterocycles. The molecule has 0 saturated heterocycles. The number of nitrogens with zero attached hydrogens (tertiary/aromatic N) is 1. The van der Waals surface area contributed by atoms with E-state index in [2.05, 4.69) is 15.5 Å². The third kappa shape index (κ3) is 9.33. The molecule has 18 heteroatoms. The SMILES string of the molecule is COc1cc(F)c(F)cc1C(C)(C)CC(O)(C=O)C(F)(F)F.COc1cc(F)c(F)cc1C(C)(C)CC(O)(CNc1cccc2[nH]ncc12)C(F)(F)F. The molecule has 3 aromatic carbocycles. The first-order valence-corrected chi connectivity index (χ1v) is 15.5. The molecule has 1 heterocycles. The normalized spacial score (nSPS) is 14.8. The van der Waals surface area contributed by atoms with Crippen LogP contribution < -0.4 is 14.8 Å². The van der Waals surface area contributed by atoms with Crippen molar-refractivity contribution in [2.45, 2.75) is 74.9 Å². The second kappa shape index (κ2) is 15.4. The number of aromatic nitrogens is 2. The van der Waals surface area contributed by atoms with Crippen LogP contribution in [0.1, 0.15) is 51.7 Å². The van der Waals surface area contributed by atoms with Crippen molar-refractivity contribution >= 4 is 22.9 Å². The first-order chi connectivity index (χ1) is 24.3. The molecular formula is C35H37F10N3O5. The lowest BCUT2D eigenvalue weighted by Gasteiger charge is -2.38. The minimum absolute atomic E-state index is 0.00788. The van der Waals surface area contributed by atoms with Gasteiger partial charge in [-0.3, -0.25) is 9.89 Å². The van der Waals surface area contributed by atoms with E-state index in [4.69, 9.17) is 9.47 Å². The highest BCUT2D eigenvalue weighted by Gasteiger charge is 2.57. The van der Waals surface area contributed by atoms with Gasteiger partial charge < -0.3 is 25.0 Å². The molecule has 1 aromatic heterocycles. The zero-order chi connectivity index (χ0) is 40.4. The number of aliphatic hydroxyl groups is 2. The number of halogens is 10. The number of methoxy groups -OCH3 is 2. The van der Waals surface area contributed by atoms with Crippen molar-refractivity contribution in [3.63, 3.8) is 0 Å². The maximum Gasteiger partial charge on any atom is 0.424 e. The number of hydrogen-bond donors (Lipinski definition) is 4. The van der Waals surface area contributed by atoms with Crippen molar-refractivity contribution in [1.82, 2.24) is 10.2 Å². The summed E-state index contributed by atoms with van der Waals surface area (Å²) in [6.45, 7) is 4.44. The number of H-pyrrole nitrogens is 1. The van der Waals surface area contributed by atoms with Crippen molar-refractivity contribution < 1.29 is 68.4 Å². The van der Waals surface area contributed by atoms with Crippen LogP contribution in [0, 0.1) is 23.3 Å². The highest BCUT2D eigenvalue weighted by atomic mass is 19.4. The standard InChI is InChI=1S/C21H22F5N3O2.C14H15F5O3/c1-19(2,13-7-14(22)15(23)8-18(13)31-3)10-20(30,21(24,25)26)11-27-16-5-4-6-17-12(16)9-28-29-17;1-12(2,6-13(21,7-20)14(17,18)19)8-4-9(15)10(16)5-11(8)22-3/h4-9,27,30H,10-11H2,1-3H3,(H,28,29);4-5,7,21H,6H2,1-3H3. The summed E-state index contributed by atoms with van der Waals surface area (Å²) in [4.78, 5) is 10.7. The van der Waals surface area contributed by atoms with E-state index in [0.29, 0.717) is 28.7 Å². The van der Waals surface area contributed by atoms with Gasteiger partial charge in [0, 0.05) is 40.8 Å². The summed E-state index contributed by atoms with van der Waals surface area (Å²) in [6, 6.07) is 7.86. The number of fused-ring (bicyclic) bond motifs is 1. The van der Waals surface area contributed by atoms with Crippen LogP contribution in [0.15, 0.2) is 48.7 Å². The summed E-state index contributed by atoms with van der Waals surface area (Å²) in [7, 11) is 2.34. The molecule has 4 rings (SSSR count). The molecule has 53 heavy (non-hydrogen) atoms. The number of aldehydes is 1. The van der Waals surface area contributed by atoms with Crippen molar-refractivity contribution in [1.29, 1.82) is 0 Å². The van der Waals surface area contributed by atoms with Gasteiger partial charge in [-0.05, 0) is 41.5 Å². The van der Waals surface area contributed by atoms with Gasteiger partial charge in [0.05, 0.1) is 32.5 Å². The first kappa shape index (κ1) is 42.8. The van der Waals surface area contributed by atoms with Gasteiger partial charge in [0.1, 0.15) is 11.5 Å². The number of rotatable bonds is 12. The molecule has 0 saturated carbocycles. The summed E-state index contributed by atoms with van der Waals surface area (Å²) in [5.74, 6) is -5.19. The van der Waals surface area contributed by atoms with Crippen molar-refractivity contribution in [2.24, 2.45) is 0 Å². The number of benzene rings is 3. The van der Waals surface area contributed by atoms with Gasteiger partial charge in [-0.2, -0.15) is 31.4 Å². The maximum atomic E-state index is 14.0. The van der Waals surface area contributed by atoms with E-state index in [1.165, 1.54) is 41.0 Å². The monoisotopic (exact) mass is 769 g/mol. The quantitative estimate of drug-likeness (QED) is 0.0852. The average molecular weight is 770 g/mol. The molecule has 0 aliphatic carbocycles. The number of aromatic amines is 1. The molecule has 4 N–H and O–H groups in total. The Hall–Kier alpha value is -4.58. The summed E-state index contributed by atoms with van der Waals surface area (Å²) < 4.78 is 144. The van der Waals surface area contributed by atoms with Crippen LogP contribution >= 0.6 is 0 Å². The Morgan fingerprint density at radius 2 is 1.23 bits per heavy atom.